The Hall–Kier alpha value is -2.56. The highest BCUT2D eigenvalue weighted by Gasteiger charge is 2.25. The highest BCUT2D eigenvalue weighted by Crippen LogP contribution is 2.23. The van der Waals surface area contributed by atoms with E-state index >= 15 is 0 Å². The van der Waals surface area contributed by atoms with Gasteiger partial charge in [-0.05, 0) is 36.6 Å². The number of rotatable bonds is 6. The molecule has 0 saturated carbocycles. The van der Waals surface area contributed by atoms with E-state index in [1.54, 1.807) is 12.1 Å². The highest BCUT2D eigenvalue weighted by molar-refractivity contribution is 14.0. The largest absolute Gasteiger partial charge is 0.459 e. The first kappa shape index (κ1) is 25.1. The molecule has 1 aromatic carbocycles. The van der Waals surface area contributed by atoms with Gasteiger partial charge < -0.3 is 24.4 Å². The van der Waals surface area contributed by atoms with Gasteiger partial charge in [0.05, 0.1) is 6.26 Å². The first-order valence-electron chi connectivity index (χ1n) is 11.4. The maximum atomic E-state index is 12.6. The molecule has 2 amide bonds. The number of nitrogens with zero attached hydrogens (tertiary/aromatic N) is 4. The van der Waals surface area contributed by atoms with Crippen LogP contribution >= 0.6 is 24.0 Å². The fourth-order valence-corrected chi connectivity index (χ4v) is 4.19. The molecule has 1 fully saturated rings. The minimum atomic E-state index is -0.0702. The third kappa shape index (κ3) is 6.27. The molecule has 2 aliphatic heterocycles. The van der Waals surface area contributed by atoms with E-state index in [-0.39, 0.29) is 35.8 Å². The molecule has 1 saturated heterocycles. The summed E-state index contributed by atoms with van der Waals surface area (Å²) < 4.78 is 5.23. The molecule has 4 rings (SSSR count). The predicted octanol–water partition coefficient (Wildman–Crippen LogP) is 2.94. The SMILES string of the molecule is CCNC(=NCCCC(=O)N1Cc2ccccc2C1)N1CCN(C(=O)c2ccco2)CC1.I. The summed E-state index contributed by atoms with van der Waals surface area (Å²) >= 11 is 0. The van der Waals surface area contributed by atoms with Gasteiger partial charge in [-0.3, -0.25) is 14.6 Å². The number of carbonyl (C=O) groups excluding carboxylic acids is 2. The van der Waals surface area contributed by atoms with E-state index in [9.17, 15) is 9.59 Å². The van der Waals surface area contributed by atoms with Crippen molar-refractivity contribution in [1.29, 1.82) is 0 Å². The van der Waals surface area contributed by atoms with Crippen LogP contribution in [-0.4, -0.2) is 71.7 Å². The average Bonchev–Trinajstić information content (AvgIpc) is 3.51. The Kier molecular flexibility index (Phi) is 9.16. The number of furan rings is 1. The van der Waals surface area contributed by atoms with E-state index in [1.165, 1.54) is 17.4 Å². The van der Waals surface area contributed by atoms with Crippen molar-refractivity contribution in [2.45, 2.75) is 32.9 Å². The number of nitrogens with one attached hydrogen (secondary N) is 1. The van der Waals surface area contributed by atoms with E-state index in [0.717, 1.165) is 18.9 Å². The van der Waals surface area contributed by atoms with Gasteiger partial charge >= 0.3 is 0 Å². The van der Waals surface area contributed by atoms with Gasteiger partial charge in [-0.1, -0.05) is 24.3 Å². The summed E-state index contributed by atoms with van der Waals surface area (Å²) in [6.45, 7) is 7.50. The van der Waals surface area contributed by atoms with Crippen LogP contribution in [0.1, 0.15) is 41.4 Å². The second kappa shape index (κ2) is 12.1. The van der Waals surface area contributed by atoms with E-state index in [4.69, 9.17) is 9.41 Å². The summed E-state index contributed by atoms with van der Waals surface area (Å²) in [5.74, 6) is 1.34. The lowest BCUT2D eigenvalue weighted by Gasteiger charge is -2.36. The van der Waals surface area contributed by atoms with E-state index in [1.807, 2.05) is 28.9 Å². The van der Waals surface area contributed by atoms with Crippen LogP contribution in [0, 0.1) is 0 Å². The summed E-state index contributed by atoms with van der Waals surface area (Å²) in [7, 11) is 0. The first-order chi connectivity index (χ1) is 15.7. The van der Waals surface area contributed by atoms with E-state index < -0.39 is 0 Å². The van der Waals surface area contributed by atoms with Crippen LogP contribution in [0.25, 0.3) is 0 Å². The summed E-state index contributed by atoms with van der Waals surface area (Å²) in [4.78, 5) is 35.7. The van der Waals surface area contributed by atoms with Crippen molar-refractivity contribution in [1.82, 2.24) is 20.0 Å². The molecule has 33 heavy (non-hydrogen) atoms. The Balaban J connectivity index is 0.00000306. The van der Waals surface area contributed by atoms with Crippen molar-refractivity contribution in [2.75, 3.05) is 39.3 Å². The fraction of sp³-hybridized carbons (Fsp3) is 0.458. The van der Waals surface area contributed by atoms with Crippen molar-refractivity contribution in [3.05, 3.63) is 59.5 Å². The van der Waals surface area contributed by atoms with Gasteiger partial charge in [0.15, 0.2) is 11.7 Å². The molecule has 0 radical (unpaired) electrons. The Morgan fingerprint density at radius 2 is 1.64 bits per heavy atom. The lowest BCUT2D eigenvalue weighted by Crippen LogP contribution is -2.53. The molecule has 2 aromatic rings. The van der Waals surface area contributed by atoms with Crippen molar-refractivity contribution in [2.24, 2.45) is 4.99 Å². The van der Waals surface area contributed by atoms with E-state index in [2.05, 4.69) is 22.3 Å². The van der Waals surface area contributed by atoms with Gasteiger partial charge in [0.25, 0.3) is 5.91 Å². The topological polar surface area (TPSA) is 81.4 Å². The summed E-state index contributed by atoms with van der Waals surface area (Å²) in [6, 6.07) is 11.7. The molecule has 2 aliphatic rings. The molecule has 1 aromatic heterocycles. The monoisotopic (exact) mass is 565 g/mol. The van der Waals surface area contributed by atoms with Crippen LogP contribution < -0.4 is 5.32 Å². The molecule has 9 heteroatoms. The molecular formula is C24H32IN5O3. The van der Waals surface area contributed by atoms with Gasteiger partial charge in [0.1, 0.15) is 0 Å². The molecule has 0 spiro atoms. The molecule has 0 aliphatic carbocycles. The molecule has 0 bridgehead atoms. The Labute approximate surface area is 212 Å². The Morgan fingerprint density at radius 3 is 2.24 bits per heavy atom. The second-order valence-corrected chi connectivity index (χ2v) is 8.11. The molecule has 0 unspecified atom stereocenters. The van der Waals surface area contributed by atoms with Gasteiger partial charge in [0.2, 0.25) is 5.91 Å². The molecule has 3 heterocycles. The standard InChI is InChI=1S/C24H31N5O3.HI/c1-2-25-24(28-14-12-27(13-15-28)23(31)21-9-6-16-32-21)26-11-5-10-22(30)29-17-19-7-3-4-8-20(19)18-29;/h3-4,6-9,16H,2,5,10-15,17-18H2,1H3,(H,25,26);1H. The molecule has 178 valence electrons. The number of hydrogen-bond donors (Lipinski definition) is 1. The summed E-state index contributed by atoms with van der Waals surface area (Å²) in [5.41, 5.74) is 2.50. The van der Waals surface area contributed by atoms with E-state index in [0.29, 0.717) is 58.0 Å². The van der Waals surface area contributed by atoms with Gasteiger partial charge in [0, 0.05) is 58.8 Å². The number of hydrogen-bond acceptors (Lipinski definition) is 4. The van der Waals surface area contributed by atoms with Crippen molar-refractivity contribution in [3.8, 4) is 0 Å². The number of halogens is 1. The Morgan fingerprint density at radius 1 is 0.970 bits per heavy atom. The quantitative estimate of drug-likeness (QED) is 0.252. The zero-order valence-corrected chi connectivity index (χ0v) is 21.4. The van der Waals surface area contributed by atoms with Crippen LogP contribution in [0.5, 0.6) is 0 Å². The fourth-order valence-electron chi connectivity index (χ4n) is 4.19. The highest BCUT2D eigenvalue weighted by atomic mass is 127. The molecule has 1 N–H and O–H groups in total. The van der Waals surface area contributed by atoms with Gasteiger partial charge in [-0.2, -0.15) is 0 Å². The number of guanidine groups is 1. The average molecular weight is 565 g/mol. The third-order valence-corrected chi connectivity index (χ3v) is 5.94. The lowest BCUT2D eigenvalue weighted by atomic mass is 10.1. The number of piperazine rings is 1. The minimum absolute atomic E-state index is 0. The minimum Gasteiger partial charge on any atom is -0.459 e. The van der Waals surface area contributed by atoms with Crippen LogP contribution in [0.15, 0.2) is 52.1 Å². The van der Waals surface area contributed by atoms with Crippen molar-refractivity contribution >= 4 is 41.8 Å². The number of amides is 2. The smallest absolute Gasteiger partial charge is 0.289 e. The number of aliphatic imine (C=N–C) groups is 1. The van der Waals surface area contributed by atoms with Crippen LogP contribution in [-0.2, 0) is 17.9 Å². The zero-order valence-electron chi connectivity index (χ0n) is 19.0. The maximum absolute atomic E-state index is 12.6. The number of carbonyl (C=O) groups is 2. The van der Waals surface area contributed by atoms with Gasteiger partial charge in [-0.25, -0.2) is 0 Å². The van der Waals surface area contributed by atoms with Crippen LogP contribution in [0.2, 0.25) is 0 Å². The summed E-state index contributed by atoms with van der Waals surface area (Å²) in [6.07, 6.45) is 2.74. The zero-order chi connectivity index (χ0) is 22.3. The van der Waals surface area contributed by atoms with Crippen molar-refractivity contribution in [3.63, 3.8) is 0 Å². The lowest BCUT2D eigenvalue weighted by molar-refractivity contribution is -0.131. The van der Waals surface area contributed by atoms with Crippen LogP contribution in [0.3, 0.4) is 0 Å². The van der Waals surface area contributed by atoms with Crippen molar-refractivity contribution < 1.29 is 14.0 Å². The third-order valence-electron chi connectivity index (χ3n) is 5.94. The Bertz CT molecular complexity index is 930. The number of fused-ring (bicyclic) bond motifs is 1. The maximum Gasteiger partial charge on any atom is 0.289 e. The van der Waals surface area contributed by atoms with Crippen LogP contribution in [0.4, 0.5) is 0 Å². The molecule has 0 atom stereocenters. The second-order valence-electron chi connectivity index (χ2n) is 8.11. The molecular weight excluding hydrogens is 533 g/mol. The normalized spacial score (nSPS) is 15.8. The summed E-state index contributed by atoms with van der Waals surface area (Å²) in [5, 5.41) is 3.34. The first-order valence-corrected chi connectivity index (χ1v) is 11.4. The number of benzene rings is 1. The van der Waals surface area contributed by atoms with Gasteiger partial charge in [-0.15, -0.1) is 24.0 Å². The molecule has 8 nitrogen and oxygen atoms in total. The predicted molar refractivity (Wildman–Crippen MR) is 138 cm³/mol.